The van der Waals surface area contributed by atoms with E-state index < -0.39 is 35.5 Å². The Morgan fingerprint density at radius 3 is 2.64 bits per heavy atom. The molecule has 1 fully saturated rings. The molecule has 1 saturated heterocycles. The van der Waals surface area contributed by atoms with Crippen molar-refractivity contribution in [2.45, 2.75) is 18.6 Å². The summed E-state index contributed by atoms with van der Waals surface area (Å²) in [5.41, 5.74) is -1.15. The average molecular weight is 355 g/mol. The maximum absolute atomic E-state index is 13.1. The van der Waals surface area contributed by atoms with Gasteiger partial charge in [-0.15, -0.1) is 0 Å². The number of rotatable bonds is 5. The Morgan fingerprint density at radius 2 is 2.00 bits per heavy atom. The van der Waals surface area contributed by atoms with Crippen molar-refractivity contribution in [2.75, 3.05) is 18.0 Å². The van der Waals surface area contributed by atoms with Gasteiger partial charge in [0.05, 0.1) is 17.8 Å². The maximum atomic E-state index is 13.1. The first-order chi connectivity index (χ1) is 11.7. The Balaban J connectivity index is 2.06. The molecule has 0 aliphatic carbocycles. The molecule has 2 N–H and O–H groups in total. The van der Waals surface area contributed by atoms with Crippen molar-refractivity contribution in [1.82, 2.24) is 10.6 Å². The van der Waals surface area contributed by atoms with E-state index in [4.69, 9.17) is 0 Å². The van der Waals surface area contributed by atoms with Gasteiger partial charge in [-0.3, -0.25) is 14.4 Å². The largest absolute Gasteiger partial charge is 0.418 e. The minimum absolute atomic E-state index is 0.0515. The van der Waals surface area contributed by atoms with E-state index in [-0.39, 0.29) is 25.2 Å². The van der Waals surface area contributed by atoms with E-state index in [9.17, 15) is 27.6 Å². The standard InChI is InChI=1S/C16H16F3N3O3/c1-2-13(23)20-9-14(24)21-11-7-8-22(15(11)25)12-6-4-3-5-10(12)16(17,18)19/h2-6,11H,1,7-9H2,(H,20,23)(H,21,24). The van der Waals surface area contributed by atoms with E-state index >= 15 is 0 Å². The Labute approximate surface area is 141 Å². The van der Waals surface area contributed by atoms with Gasteiger partial charge < -0.3 is 15.5 Å². The molecule has 1 unspecified atom stereocenters. The molecule has 1 aromatic carbocycles. The number of hydrogen-bond donors (Lipinski definition) is 2. The van der Waals surface area contributed by atoms with Crippen LogP contribution in [0, 0.1) is 0 Å². The smallest absolute Gasteiger partial charge is 0.344 e. The van der Waals surface area contributed by atoms with Crippen LogP contribution in [0.15, 0.2) is 36.9 Å². The topological polar surface area (TPSA) is 78.5 Å². The molecule has 3 amide bonds. The number of para-hydroxylation sites is 1. The van der Waals surface area contributed by atoms with Crippen molar-refractivity contribution in [1.29, 1.82) is 0 Å². The normalized spacial score (nSPS) is 17.3. The molecule has 0 aromatic heterocycles. The summed E-state index contributed by atoms with van der Waals surface area (Å²) in [5.74, 6) is -1.78. The summed E-state index contributed by atoms with van der Waals surface area (Å²) in [6, 6.07) is 3.84. The minimum Gasteiger partial charge on any atom is -0.344 e. The van der Waals surface area contributed by atoms with Crippen molar-refractivity contribution in [2.24, 2.45) is 0 Å². The third-order valence-electron chi connectivity index (χ3n) is 3.65. The molecule has 0 saturated carbocycles. The predicted molar refractivity (Wildman–Crippen MR) is 83.6 cm³/mol. The lowest BCUT2D eigenvalue weighted by atomic mass is 10.1. The van der Waals surface area contributed by atoms with Crippen LogP contribution in [0.25, 0.3) is 0 Å². The Morgan fingerprint density at radius 1 is 1.32 bits per heavy atom. The van der Waals surface area contributed by atoms with Gasteiger partial charge in [0.2, 0.25) is 17.7 Å². The zero-order chi connectivity index (χ0) is 18.6. The molecular weight excluding hydrogens is 339 g/mol. The van der Waals surface area contributed by atoms with E-state index in [2.05, 4.69) is 17.2 Å². The maximum Gasteiger partial charge on any atom is 0.418 e. The molecule has 2 rings (SSSR count). The Kier molecular flexibility index (Phi) is 5.45. The number of carbonyl (C=O) groups excluding carboxylic acids is 3. The molecule has 0 radical (unpaired) electrons. The SMILES string of the molecule is C=CC(=O)NCC(=O)NC1CCN(c2ccccc2C(F)(F)F)C1=O. The molecular formula is C16H16F3N3O3. The van der Waals surface area contributed by atoms with Crippen molar-refractivity contribution in [3.63, 3.8) is 0 Å². The van der Waals surface area contributed by atoms with Crippen LogP contribution in [0.2, 0.25) is 0 Å². The van der Waals surface area contributed by atoms with E-state index in [0.29, 0.717) is 0 Å². The number of halogens is 3. The fourth-order valence-electron chi connectivity index (χ4n) is 2.49. The van der Waals surface area contributed by atoms with E-state index in [1.165, 1.54) is 18.2 Å². The summed E-state index contributed by atoms with van der Waals surface area (Å²) in [6.07, 6.45) is -3.43. The van der Waals surface area contributed by atoms with Crippen LogP contribution in [0.3, 0.4) is 0 Å². The Hall–Kier alpha value is -2.84. The second-order valence-electron chi connectivity index (χ2n) is 5.34. The molecule has 0 bridgehead atoms. The number of nitrogens with one attached hydrogen (secondary N) is 2. The summed E-state index contributed by atoms with van der Waals surface area (Å²) < 4.78 is 39.3. The summed E-state index contributed by atoms with van der Waals surface area (Å²) in [4.78, 5) is 36.1. The van der Waals surface area contributed by atoms with Crippen LogP contribution in [-0.2, 0) is 20.6 Å². The summed E-state index contributed by atoms with van der Waals surface area (Å²) in [6.45, 7) is 2.93. The van der Waals surface area contributed by atoms with Crippen molar-refractivity contribution in [3.8, 4) is 0 Å². The third-order valence-corrected chi connectivity index (χ3v) is 3.65. The van der Waals surface area contributed by atoms with Gasteiger partial charge in [0.15, 0.2) is 0 Å². The zero-order valence-corrected chi connectivity index (χ0v) is 13.1. The molecule has 1 aliphatic rings. The number of anilines is 1. The molecule has 134 valence electrons. The molecule has 1 atom stereocenters. The first kappa shape index (κ1) is 18.5. The highest BCUT2D eigenvalue weighted by atomic mass is 19.4. The third kappa shape index (κ3) is 4.37. The van der Waals surface area contributed by atoms with Crippen molar-refractivity contribution in [3.05, 3.63) is 42.5 Å². The van der Waals surface area contributed by atoms with Gasteiger partial charge >= 0.3 is 6.18 Å². The molecule has 1 aromatic rings. The van der Waals surface area contributed by atoms with Gasteiger partial charge in [-0.05, 0) is 24.6 Å². The minimum atomic E-state index is -4.59. The van der Waals surface area contributed by atoms with Gasteiger partial charge in [0.1, 0.15) is 6.04 Å². The summed E-state index contributed by atoms with van der Waals surface area (Å²) in [7, 11) is 0. The van der Waals surface area contributed by atoms with Gasteiger partial charge in [0, 0.05) is 6.54 Å². The second-order valence-corrected chi connectivity index (χ2v) is 5.34. The van der Waals surface area contributed by atoms with Gasteiger partial charge in [-0.1, -0.05) is 18.7 Å². The first-order valence-corrected chi connectivity index (χ1v) is 7.41. The average Bonchev–Trinajstić information content (AvgIpc) is 2.92. The fourth-order valence-corrected chi connectivity index (χ4v) is 2.49. The molecule has 9 heteroatoms. The van der Waals surface area contributed by atoms with Gasteiger partial charge in [0.25, 0.3) is 0 Å². The van der Waals surface area contributed by atoms with Gasteiger partial charge in [-0.25, -0.2) is 0 Å². The van der Waals surface area contributed by atoms with E-state index in [0.717, 1.165) is 17.0 Å². The quantitative estimate of drug-likeness (QED) is 0.780. The lowest BCUT2D eigenvalue weighted by Crippen LogP contribution is -2.45. The Bertz CT molecular complexity index is 703. The molecule has 6 nitrogen and oxygen atoms in total. The molecule has 1 heterocycles. The van der Waals surface area contributed by atoms with Crippen LogP contribution in [0.1, 0.15) is 12.0 Å². The van der Waals surface area contributed by atoms with E-state index in [1.807, 2.05) is 0 Å². The number of alkyl halides is 3. The van der Waals surface area contributed by atoms with Crippen LogP contribution < -0.4 is 15.5 Å². The fraction of sp³-hybridized carbons (Fsp3) is 0.312. The monoisotopic (exact) mass is 355 g/mol. The zero-order valence-electron chi connectivity index (χ0n) is 13.1. The van der Waals surface area contributed by atoms with Crippen molar-refractivity contribution < 1.29 is 27.6 Å². The first-order valence-electron chi connectivity index (χ1n) is 7.41. The lowest BCUT2D eigenvalue weighted by Gasteiger charge is -2.21. The van der Waals surface area contributed by atoms with Crippen LogP contribution in [-0.4, -0.2) is 36.9 Å². The highest BCUT2D eigenvalue weighted by Crippen LogP contribution is 2.37. The molecule has 25 heavy (non-hydrogen) atoms. The van der Waals surface area contributed by atoms with Crippen molar-refractivity contribution >= 4 is 23.4 Å². The summed E-state index contributed by atoms with van der Waals surface area (Å²) in [5, 5.41) is 4.66. The number of benzene rings is 1. The number of amides is 3. The predicted octanol–water partition coefficient (Wildman–Crippen LogP) is 1.23. The highest BCUT2D eigenvalue weighted by Gasteiger charge is 2.40. The van der Waals surface area contributed by atoms with E-state index in [1.54, 1.807) is 0 Å². The molecule has 1 aliphatic heterocycles. The number of nitrogens with zero attached hydrogens (tertiary/aromatic N) is 1. The van der Waals surface area contributed by atoms with Crippen LogP contribution in [0.5, 0.6) is 0 Å². The lowest BCUT2D eigenvalue weighted by molar-refractivity contribution is -0.137. The number of hydrogen-bond acceptors (Lipinski definition) is 3. The highest BCUT2D eigenvalue weighted by molar-refractivity contribution is 6.02. The van der Waals surface area contributed by atoms with Crippen LogP contribution >= 0.6 is 0 Å². The second kappa shape index (κ2) is 7.37. The number of carbonyl (C=O) groups is 3. The van der Waals surface area contributed by atoms with Gasteiger partial charge in [-0.2, -0.15) is 13.2 Å². The van der Waals surface area contributed by atoms with Crippen LogP contribution in [0.4, 0.5) is 18.9 Å². The summed E-state index contributed by atoms with van der Waals surface area (Å²) >= 11 is 0. The molecule has 0 spiro atoms.